The third-order valence-electron chi connectivity index (χ3n) is 4.16. The molecular weight excluding hydrogens is 344 g/mol. The summed E-state index contributed by atoms with van der Waals surface area (Å²) in [4.78, 5) is 18.5. The summed E-state index contributed by atoms with van der Waals surface area (Å²) < 4.78 is 23.6. The highest BCUT2D eigenvalue weighted by atomic mass is 32.2. The maximum absolute atomic E-state index is 12.3. The maximum Gasteiger partial charge on any atom is 0.252 e. The van der Waals surface area contributed by atoms with E-state index in [2.05, 4.69) is 11.6 Å². The van der Waals surface area contributed by atoms with Crippen LogP contribution in [0, 0.1) is 6.92 Å². The number of rotatable bonds is 4. The summed E-state index contributed by atoms with van der Waals surface area (Å²) in [5, 5.41) is 0.581. The number of sulfone groups is 1. The standard InChI is InChI=1S/C17H20N2O3S2/c1-3-7-19-14-10-24(21,22)11-15(14)23-17(19)18-16(20)9-13-6-4-5-12(2)8-13/h3-6,8,14-15H,1,7,9-11H2,2H3. The van der Waals surface area contributed by atoms with Crippen LogP contribution in [0.15, 0.2) is 41.9 Å². The second-order valence-electron chi connectivity index (χ2n) is 6.20. The smallest absolute Gasteiger partial charge is 0.252 e. The molecule has 2 saturated heterocycles. The second-order valence-corrected chi connectivity index (χ2v) is 9.56. The average molecular weight is 364 g/mol. The van der Waals surface area contributed by atoms with E-state index in [9.17, 15) is 13.2 Å². The quantitative estimate of drug-likeness (QED) is 0.763. The molecule has 2 aliphatic heterocycles. The van der Waals surface area contributed by atoms with Crippen LogP contribution in [-0.4, -0.2) is 53.7 Å². The molecule has 0 N–H and O–H groups in total. The number of amidine groups is 1. The number of carbonyl (C=O) groups excluding carboxylic acids is 1. The van der Waals surface area contributed by atoms with Crippen LogP contribution in [0.5, 0.6) is 0 Å². The summed E-state index contributed by atoms with van der Waals surface area (Å²) in [6.07, 6.45) is 1.97. The van der Waals surface area contributed by atoms with Gasteiger partial charge in [-0.3, -0.25) is 4.79 Å². The van der Waals surface area contributed by atoms with Crippen molar-refractivity contribution in [1.82, 2.24) is 4.90 Å². The molecule has 1 aromatic rings. The van der Waals surface area contributed by atoms with E-state index in [1.807, 2.05) is 36.1 Å². The molecular formula is C17H20N2O3S2. The van der Waals surface area contributed by atoms with Gasteiger partial charge in [0.05, 0.1) is 24.0 Å². The van der Waals surface area contributed by atoms with Crippen LogP contribution >= 0.6 is 11.8 Å². The molecule has 0 radical (unpaired) electrons. The SMILES string of the molecule is C=CCN1C(=NC(=O)Cc2cccc(C)c2)SC2CS(=O)(=O)CC21. The van der Waals surface area contributed by atoms with Gasteiger partial charge in [0.2, 0.25) is 0 Å². The van der Waals surface area contributed by atoms with Crippen LogP contribution in [0.2, 0.25) is 0 Å². The van der Waals surface area contributed by atoms with Gasteiger partial charge in [0.1, 0.15) is 0 Å². The van der Waals surface area contributed by atoms with Gasteiger partial charge >= 0.3 is 0 Å². The lowest BCUT2D eigenvalue weighted by atomic mass is 10.1. The highest BCUT2D eigenvalue weighted by Gasteiger charge is 2.48. The van der Waals surface area contributed by atoms with Gasteiger partial charge in [-0.25, -0.2) is 8.42 Å². The number of hydrogen-bond donors (Lipinski definition) is 0. The van der Waals surface area contributed by atoms with Gasteiger partial charge in [-0.15, -0.1) is 6.58 Å². The summed E-state index contributed by atoms with van der Waals surface area (Å²) in [5.41, 5.74) is 2.04. The molecule has 2 aliphatic rings. The molecule has 5 nitrogen and oxygen atoms in total. The summed E-state index contributed by atoms with van der Waals surface area (Å²) in [6, 6.07) is 7.69. The van der Waals surface area contributed by atoms with Crippen molar-refractivity contribution in [3.05, 3.63) is 48.0 Å². The zero-order chi connectivity index (χ0) is 17.3. The molecule has 0 bridgehead atoms. The molecule has 1 amide bonds. The van der Waals surface area contributed by atoms with Crippen LogP contribution in [0.3, 0.4) is 0 Å². The van der Waals surface area contributed by atoms with E-state index in [4.69, 9.17) is 0 Å². The molecule has 0 spiro atoms. The van der Waals surface area contributed by atoms with Gasteiger partial charge in [-0.2, -0.15) is 4.99 Å². The van der Waals surface area contributed by atoms with Crippen molar-refractivity contribution in [3.8, 4) is 0 Å². The molecule has 0 aromatic heterocycles. The van der Waals surface area contributed by atoms with Gasteiger partial charge < -0.3 is 4.90 Å². The first kappa shape index (κ1) is 17.2. The zero-order valence-electron chi connectivity index (χ0n) is 13.5. The summed E-state index contributed by atoms with van der Waals surface area (Å²) >= 11 is 1.40. The number of hydrogen-bond acceptors (Lipinski definition) is 4. The first-order chi connectivity index (χ1) is 11.4. The molecule has 2 heterocycles. The zero-order valence-corrected chi connectivity index (χ0v) is 15.1. The lowest BCUT2D eigenvalue weighted by Crippen LogP contribution is -2.37. The monoisotopic (exact) mass is 364 g/mol. The molecule has 2 fully saturated rings. The topological polar surface area (TPSA) is 66.8 Å². The molecule has 2 atom stereocenters. The Balaban J connectivity index is 1.76. The minimum Gasteiger partial charge on any atom is -0.342 e. The molecule has 0 saturated carbocycles. The van der Waals surface area contributed by atoms with Crippen molar-refractivity contribution < 1.29 is 13.2 Å². The van der Waals surface area contributed by atoms with E-state index in [0.29, 0.717) is 11.7 Å². The lowest BCUT2D eigenvalue weighted by molar-refractivity contribution is -0.117. The number of aryl methyl sites for hydroxylation is 1. The van der Waals surface area contributed by atoms with Crippen LogP contribution in [0.4, 0.5) is 0 Å². The van der Waals surface area contributed by atoms with Crippen molar-refractivity contribution in [2.75, 3.05) is 18.1 Å². The first-order valence-electron chi connectivity index (χ1n) is 7.79. The molecule has 7 heteroatoms. The Morgan fingerprint density at radius 1 is 1.46 bits per heavy atom. The summed E-state index contributed by atoms with van der Waals surface area (Å²) in [6.45, 7) is 6.21. The fraction of sp³-hybridized carbons (Fsp3) is 0.412. The van der Waals surface area contributed by atoms with E-state index in [1.165, 1.54) is 11.8 Å². The van der Waals surface area contributed by atoms with Crippen LogP contribution in [-0.2, 0) is 21.1 Å². The molecule has 24 heavy (non-hydrogen) atoms. The van der Waals surface area contributed by atoms with Gasteiger partial charge in [-0.1, -0.05) is 47.7 Å². The number of fused-ring (bicyclic) bond motifs is 1. The Bertz CT molecular complexity index is 802. The van der Waals surface area contributed by atoms with Gasteiger partial charge in [0, 0.05) is 11.8 Å². The van der Waals surface area contributed by atoms with Crippen molar-refractivity contribution in [1.29, 1.82) is 0 Å². The molecule has 0 aliphatic carbocycles. The highest BCUT2D eigenvalue weighted by molar-refractivity contribution is 8.15. The molecule has 2 unspecified atom stereocenters. The van der Waals surface area contributed by atoms with E-state index >= 15 is 0 Å². The Labute approximate surface area is 146 Å². The van der Waals surface area contributed by atoms with Crippen LogP contribution in [0.1, 0.15) is 11.1 Å². The largest absolute Gasteiger partial charge is 0.342 e. The van der Waals surface area contributed by atoms with Crippen molar-refractivity contribution in [3.63, 3.8) is 0 Å². The predicted octanol–water partition coefficient (Wildman–Crippen LogP) is 1.82. The minimum absolute atomic E-state index is 0.0412. The normalized spacial score (nSPS) is 26.5. The van der Waals surface area contributed by atoms with E-state index in [1.54, 1.807) is 6.08 Å². The molecule has 3 rings (SSSR count). The van der Waals surface area contributed by atoms with E-state index in [0.717, 1.165) is 11.1 Å². The van der Waals surface area contributed by atoms with Crippen molar-refractivity contribution >= 4 is 32.7 Å². The number of thioether (sulfide) groups is 1. The van der Waals surface area contributed by atoms with Gasteiger partial charge in [-0.05, 0) is 12.5 Å². The number of nitrogens with zero attached hydrogens (tertiary/aromatic N) is 2. The number of amides is 1. The van der Waals surface area contributed by atoms with Crippen molar-refractivity contribution in [2.45, 2.75) is 24.6 Å². The Kier molecular flexibility index (Phi) is 4.83. The number of benzene rings is 1. The first-order valence-corrected chi connectivity index (χ1v) is 10.5. The fourth-order valence-electron chi connectivity index (χ4n) is 3.13. The average Bonchev–Trinajstić information content (AvgIpc) is 2.92. The van der Waals surface area contributed by atoms with Gasteiger partial charge in [0.25, 0.3) is 5.91 Å². The predicted molar refractivity (Wildman–Crippen MR) is 98.0 cm³/mol. The maximum atomic E-state index is 12.3. The fourth-order valence-corrected chi connectivity index (χ4v) is 7.11. The Morgan fingerprint density at radius 2 is 2.25 bits per heavy atom. The summed E-state index contributed by atoms with van der Waals surface area (Å²) in [7, 11) is -3.00. The highest BCUT2D eigenvalue weighted by Crippen LogP contribution is 2.38. The van der Waals surface area contributed by atoms with E-state index < -0.39 is 9.84 Å². The van der Waals surface area contributed by atoms with Crippen LogP contribution in [0.25, 0.3) is 0 Å². The molecule has 128 valence electrons. The van der Waals surface area contributed by atoms with Crippen LogP contribution < -0.4 is 0 Å². The molecule has 1 aromatic carbocycles. The second kappa shape index (κ2) is 6.72. The minimum atomic E-state index is -3.00. The third-order valence-corrected chi connectivity index (χ3v) is 7.41. The van der Waals surface area contributed by atoms with E-state index in [-0.39, 0.29) is 35.1 Å². The Morgan fingerprint density at radius 3 is 2.96 bits per heavy atom. The Hall–Kier alpha value is -1.60. The van der Waals surface area contributed by atoms with Gasteiger partial charge in [0.15, 0.2) is 15.0 Å². The number of aliphatic imine (C=N–C) groups is 1. The lowest BCUT2D eigenvalue weighted by Gasteiger charge is -2.22. The summed E-state index contributed by atoms with van der Waals surface area (Å²) in [5.74, 6) is 0.0741. The number of carbonyl (C=O) groups is 1. The van der Waals surface area contributed by atoms with Crippen molar-refractivity contribution in [2.24, 2.45) is 4.99 Å². The third kappa shape index (κ3) is 3.72.